The van der Waals surface area contributed by atoms with Crippen LogP contribution in [0.3, 0.4) is 0 Å². The van der Waals surface area contributed by atoms with E-state index < -0.39 is 0 Å². The van der Waals surface area contributed by atoms with Gasteiger partial charge in [-0.15, -0.1) is 0 Å². The first-order chi connectivity index (χ1) is 8.24. The number of para-hydroxylation sites is 1. The van der Waals surface area contributed by atoms with Gasteiger partial charge in [0.25, 0.3) is 0 Å². The van der Waals surface area contributed by atoms with Crippen molar-refractivity contribution < 1.29 is 0 Å². The number of nitrogens with zero attached hydrogens (tertiary/aromatic N) is 1. The van der Waals surface area contributed by atoms with Crippen molar-refractivity contribution in [1.29, 1.82) is 0 Å². The fourth-order valence-electron chi connectivity index (χ4n) is 1.50. The van der Waals surface area contributed by atoms with Gasteiger partial charge in [-0.1, -0.05) is 50.6 Å². The summed E-state index contributed by atoms with van der Waals surface area (Å²) in [6.07, 6.45) is 7.09. The molecular formula is C16H17N. The number of allylic oxidation sites excluding steroid dienone is 4. The molecule has 1 nitrogen and oxygen atoms in total. The van der Waals surface area contributed by atoms with E-state index in [0.29, 0.717) is 0 Å². The molecule has 1 aromatic carbocycles. The van der Waals surface area contributed by atoms with Crippen molar-refractivity contribution >= 4 is 5.69 Å². The van der Waals surface area contributed by atoms with Crippen LogP contribution in [0.15, 0.2) is 92.3 Å². The Bertz CT molecular complexity index is 452. The molecule has 0 saturated heterocycles. The van der Waals surface area contributed by atoms with Crippen LogP contribution in [-0.2, 0) is 0 Å². The summed E-state index contributed by atoms with van der Waals surface area (Å²) < 4.78 is 0. The van der Waals surface area contributed by atoms with Gasteiger partial charge in [-0.3, -0.25) is 0 Å². The van der Waals surface area contributed by atoms with Crippen LogP contribution in [-0.4, -0.2) is 0 Å². The van der Waals surface area contributed by atoms with Crippen LogP contribution in [0.4, 0.5) is 5.69 Å². The minimum atomic E-state index is 0.796. The van der Waals surface area contributed by atoms with Crippen LogP contribution in [0, 0.1) is 0 Å². The van der Waals surface area contributed by atoms with E-state index in [2.05, 4.69) is 26.3 Å². The third-order valence-electron chi connectivity index (χ3n) is 2.29. The highest BCUT2D eigenvalue weighted by Gasteiger charge is 2.10. The van der Waals surface area contributed by atoms with Crippen LogP contribution in [0.5, 0.6) is 0 Å². The van der Waals surface area contributed by atoms with Gasteiger partial charge in [0.2, 0.25) is 0 Å². The van der Waals surface area contributed by atoms with Crippen molar-refractivity contribution in [3.63, 3.8) is 0 Å². The molecular weight excluding hydrogens is 206 g/mol. The molecule has 86 valence electrons. The molecule has 0 heterocycles. The molecule has 0 aliphatic rings. The third-order valence-corrected chi connectivity index (χ3v) is 2.29. The highest BCUT2D eigenvalue weighted by molar-refractivity contribution is 5.61. The Morgan fingerprint density at radius 1 is 1.00 bits per heavy atom. The lowest BCUT2D eigenvalue weighted by Crippen LogP contribution is -2.18. The van der Waals surface area contributed by atoms with E-state index in [0.717, 1.165) is 17.1 Å². The van der Waals surface area contributed by atoms with E-state index in [1.54, 1.807) is 18.2 Å². The Labute approximate surface area is 103 Å². The molecule has 17 heavy (non-hydrogen) atoms. The lowest BCUT2D eigenvalue weighted by atomic mass is 10.2. The maximum Gasteiger partial charge on any atom is 0.0461 e. The van der Waals surface area contributed by atoms with Crippen LogP contribution in [0.1, 0.15) is 0 Å². The summed E-state index contributed by atoms with van der Waals surface area (Å²) in [5.74, 6) is 0. The molecule has 0 radical (unpaired) electrons. The summed E-state index contributed by atoms with van der Waals surface area (Å²) in [7, 11) is 0. The van der Waals surface area contributed by atoms with Crippen molar-refractivity contribution in [3.05, 3.63) is 92.3 Å². The van der Waals surface area contributed by atoms with Gasteiger partial charge in [-0.25, -0.2) is 0 Å². The van der Waals surface area contributed by atoms with Gasteiger partial charge in [0.15, 0.2) is 0 Å². The number of hydrogen-bond donors (Lipinski definition) is 0. The summed E-state index contributed by atoms with van der Waals surface area (Å²) in [5, 5.41) is 0. The maximum absolute atomic E-state index is 3.99. The Hall–Kier alpha value is -2.28. The highest BCUT2D eigenvalue weighted by atomic mass is 15.1. The second-order valence-electron chi connectivity index (χ2n) is 3.40. The summed E-state index contributed by atoms with van der Waals surface area (Å²) in [6, 6.07) is 9.95. The van der Waals surface area contributed by atoms with Crippen molar-refractivity contribution in [2.75, 3.05) is 4.90 Å². The number of hydrogen-bond acceptors (Lipinski definition) is 1. The van der Waals surface area contributed by atoms with Gasteiger partial charge >= 0.3 is 0 Å². The molecule has 0 amide bonds. The molecule has 0 saturated carbocycles. The monoisotopic (exact) mass is 223 g/mol. The molecule has 0 atom stereocenters. The molecule has 0 aliphatic carbocycles. The molecule has 0 bridgehead atoms. The van der Waals surface area contributed by atoms with Crippen LogP contribution in [0.25, 0.3) is 0 Å². The van der Waals surface area contributed by atoms with Crippen LogP contribution in [0.2, 0.25) is 0 Å². The molecule has 0 aliphatic heterocycles. The van der Waals surface area contributed by atoms with E-state index in [9.17, 15) is 0 Å². The minimum Gasteiger partial charge on any atom is -0.311 e. The van der Waals surface area contributed by atoms with Gasteiger partial charge in [0.1, 0.15) is 0 Å². The largest absolute Gasteiger partial charge is 0.311 e. The van der Waals surface area contributed by atoms with Gasteiger partial charge in [0, 0.05) is 17.1 Å². The molecule has 0 unspecified atom stereocenters. The maximum atomic E-state index is 3.99. The first-order valence-electron chi connectivity index (χ1n) is 5.36. The summed E-state index contributed by atoms with van der Waals surface area (Å²) in [6.45, 7) is 15.3. The van der Waals surface area contributed by atoms with Gasteiger partial charge < -0.3 is 4.90 Å². The SMILES string of the molecule is C=C/C=C(\C=C)N(C(=C)C=C)c1ccccc1. The highest BCUT2D eigenvalue weighted by Crippen LogP contribution is 2.24. The van der Waals surface area contributed by atoms with E-state index in [4.69, 9.17) is 0 Å². The smallest absolute Gasteiger partial charge is 0.0461 e. The number of rotatable bonds is 6. The topological polar surface area (TPSA) is 3.24 Å². The average Bonchev–Trinajstić information content (AvgIpc) is 2.39. The first-order valence-corrected chi connectivity index (χ1v) is 5.36. The predicted octanol–water partition coefficient (Wildman–Crippen LogP) is 4.45. The van der Waals surface area contributed by atoms with Crippen molar-refractivity contribution in [3.8, 4) is 0 Å². The zero-order valence-corrected chi connectivity index (χ0v) is 9.97. The fourth-order valence-corrected chi connectivity index (χ4v) is 1.50. The van der Waals surface area contributed by atoms with E-state index in [-0.39, 0.29) is 0 Å². The summed E-state index contributed by atoms with van der Waals surface area (Å²) in [4.78, 5) is 1.97. The summed E-state index contributed by atoms with van der Waals surface area (Å²) in [5.41, 5.74) is 2.73. The van der Waals surface area contributed by atoms with Crippen LogP contribution < -0.4 is 4.90 Å². The molecule has 1 rings (SSSR count). The minimum absolute atomic E-state index is 0.796. The molecule has 0 aromatic heterocycles. The Morgan fingerprint density at radius 3 is 2.12 bits per heavy atom. The van der Waals surface area contributed by atoms with Crippen molar-refractivity contribution in [2.45, 2.75) is 0 Å². The lowest BCUT2D eigenvalue weighted by Gasteiger charge is -2.26. The zero-order chi connectivity index (χ0) is 12.7. The molecule has 1 aromatic rings. The number of anilines is 1. The molecule has 0 N–H and O–H groups in total. The van der Waals surface area contributed by atoms with Crippen molar-refractivity contribution in [1.82, 2.24) is 0 Å². The van der Waals surface area contributed by atoms with Gasteiger partial charge in [-0.05, 0) is 30.4 Å². The standard InChI is InChI=1S/C16H17N/c1-5-11-15(7-3)17(14(4)6-2)16-12-9-8-10-13-16/h5-13H,1-4H2/b15-11+. The summed E-state index contributed by atoms with van der Waals surface area (Å²) >= 11 is 0. The lowest BCUT2D eigenvalue weighted by molar-refractivity contribution is 1.15. The Balaban J connectivity index is 3.26. The van der Waals surface area contributed by atoms with E-state index in [1.165, 1.54) is 0 Å². The normalized spacial score (nSPS) is 10.5. The molecule has 1 heteroatoms. The second kappa shape index (κ2) is 6.33. The first kappa shape index (κ1) is 12.8. The van der Waals surface area contributed by atoms with Gasteiger partial charge in [0.05, 0.1) is 0 Å². The van der Waals surface area contributed by atoms with Gasteiger partial charge in [-0.2, -0.15) is 0 Å². The Kier molecular flexibility index (Phi) is 4.77. The molecule has 0 fully saturated rings. The van der Waals surface area contributed by atoms with Crippen LogP contribution >= 0.6 is 0 Å². The Morgan fingerprint density at radius 2 is 1.65 bits per heavy atom. The van der Waals surface area contributed by atoms with Crippen molar-refractivity contribution in [2.24, 2.45) is 0 Å². The molecule has 0 spiro atoms. The third kappa shape index (κ3) is 3.08. The zero-order valence-electron chi connectivity index (χ0n) is 9.97. The van der Waals surface area contributed by atoms with E-state index in [1.807, 2.05) is 41.3 Å². The average molecular weight is 223 g/mol. The predicted molar refractivity (Wildman–Crippen MR) is 76.7 cm³/mol. The van der Waals surface area contributed by atoms with E-state index >= 15 is 0 Å². The fraction of sp³-hybridized carbons (Fsp3) is 0. The second-order valence-corrected chi connectivity index (χ2v) is 3.40. The quantitative estimate of drug-likeness (QED) is 0.644. The number of benzene rings is 1.